The molecule has 2 atom stereocenters. The van der Waals surface area contributed by atoms with Gasteiger partial charge in [-0.05, 0) is 42.2 Å². The van der Waals surface area contributed by atoms with E-state index in [1.54, 1.807) is 12.1 Å². The van der Waals surface area contributed by atoms with Gasteiger partial charge in [0.1, 0.15) is 0 Å². The van der Waals surface area contributed by atoms with E-state index in [-0.39, 0.29) is 29.8 Å². The number of benzene rings is 2. The molecule has 2 rings (SSSR count). The number of aliphatic hydroxyl groups is 1. The zero-order valence-corrected chi connectivity index (χ0v) is 17.9. The van der Waals surface area contributed by atoms with Crippen LogP contribution in [-0.4, -0.2) is 43.1 Å². The van der Waals surface area contributed by atoms with Crippen molar-refractivity contribution < 1.29 is 13.5 Å². The number of nitrogen functional groups attached to an aromatic ring is 1. The van der Waals surface area contributed by atoms with Gasteiger partial charge < -0.3 is 16.6 Å². The Morgan fingerprint density at radius 3 is 2.11 bits per heavy atom. The molecule has 28 heavy (non-hydrogen) atoms. The number of hydrogen-bond donors (Lipinski definition) is 3. The molecule has 0 radical (unpaired) electrons. The number of aliphatic hydroxyl groups excluding tert-OH is 1. The van der Waals surface area contributed by atoms with E-state index in [0.717, 1.165) is 5.56 Å². The van der Waals surface area contributed by atoms with Crippen molar-refractivity contribution >= 4 is 28.1 Å². The van der Waals surface area contributed by atoms with E-state index in [1.165, 1.54) is 16.4 Å². The molecule has 0 bridgehead atoms. The van der Waals surface area contributed by atoms with Crippen molar-refractivity contribution in [1.29, 1.82) is 0 Å². The molecule has 8 heteroatoms. The summed E-state index contributed by atoms with van der Waals surface area (Å²) in [5.74, 6) is 0.103. The third kappa shape index (κ3) is 6.76. The normalized spacial score (nSPS) is 13.9. The predicted octanol–water partition coefficient (Wildman–Crippen LogP) is 2.27. The number of anilines is 1. The molecule has 0 amide bonds. The van der Waals surface area contributed by atoms with Gasteiger partial charge >= 0.3 is 0 Å². The van der Waals surface area contributed by atoms with Crippen LogP contribution in [0.3, 0.4) is 0 Å². The Morgan fingerprint density at radius 2 is 1.57 bits per heavy atom. The molecule has 0 heterocycles. The van der Waals surface area contributed by atoms with E-state index in [4.69, 9.17) is 11.5 Å². The van der Waals surface area contributed by atoms with Crippen LogP contribution in [0.4, 0.5) is 5.69 Å². The Bertz CT molecular complexity index is 814. The van der Waals surface area contributed by atoms with Crippen molar-refractivity contribution in [2.24, 2.45) is 11.7 Å². The molecule has 0 aromatic heterocycles. The van der Waals surface area contributed by atoms with Crippen LogP contribution in [0.5, 0.6) is 0 Å². The lowest BCUT2D eigenvalue weighted by molar-refractivity contribution is 0.116. The molecule has 0 aliphatic heterocycles. The first kappa shape index (κ1) is 24.4. The zero-order valence-electron chi connectivity index (χ0n) is 16.2. The Hall–Kier alpha value is -1.64. The fourth-order valence-corrected chi connectivity index (χ4v) is 4.45. The van der Waals surface area contributed by atoms with Crippen LogP contribution < -0.4 is 11.5 Å². The minimum absolute atomic E-state index is 0. The van der Waals surface area contributed by atoms with Crippen molar-refractivity contribution in [3.8, 4) is 0 Å². The van der Waals surface area contributed by atoms with Gasteiger partial charge in [0, 0.05) is 24.8 Å². The van der Waals surface area contributed by atoms with Gasteiger partial charge in [-0.1, -0.05) is 44.2 Å². The predicted molar refractivity (Wildman–Crippen MR) is 116 cm³/mol. The van der Waals surface area contributed by atoms with E-state index in [1.807, 2.05) is 44.2 Å². The average Bonchev–Trinajstić information content (AvgIpc) is 2.62. The molecule has 0 aliphatic rings. The molecule has 2 unspecified atom stereocenters. The number of hydrogen-bond acceptors (Lipinski definition) is 5. The Labute approximate surface area is 174 Å². The monoisotopic (exact) mass is 427 g/mol. The van der Waals surface area contributed by atoms with Crippen LogP contribution in [0.1, 0.15) is 19.4 Å². The smallest absolute Gasteiger partial charge is 0.243 e. The summed E-state index contributed by atoms with van der Waals surface area (Å²) in [7, 11) is -3.75. The molecule has 0 spiro atoms. The van der Waals surface area contributed by atoms with Gasteiger partial charge in [-0.25, -0.2) is 8.42 Å². The quantitative estimate of drug-likeness (QED) is 0.532. The molecule has 0 saturated carbocycles. The molecule has 5 N–H and O–H groups in total. The molecular weight excluding hydrogens is 398 g/mol. The average molecular weight is 428 g/mol. The Kier molecular flexibility index (Phi) is 9.39. The SMILES string of the molecule is CC(C)CN(CC(O)C(N)Cc1ccccc1)S(=O)(=O)c1ccc(N)cc1.Cl. The summed E-state index contributed by atoms with van der Waals surface area (Å²) in [5.41, 5.74) is 13.3. The second-order valence-corrected chi connectivity index (χ2v) is 9.14. The maximum atomic E-state index is 13.0. The van der Waals surface area contributed by atoms with Crippen molar-refractivity contribution in [3.63, 3.8) is 0 Å². The van der Waals surface area contributed by atoms with Crippen molar-refractivity contribution in [2.75, 3.05) is 18.8 Å². The zero-order chi connectivity index (χ0) is 20.0. The molecule has 6 nitrogen and oxygen atoms in total. The molecular formula is C20H30ClN3O3S. The van der Waals surface area contributed by atoms with E-state index in [9.17, 15) is 13.5 Å². The van der Waals surface area contributed by atoms with Gasteiger partial charge in [-0.2, -0.15) is 4.31 Å². The second-order valence-electron chi connectivity index (χ2n) is 7.21. The lowest BCUT2D eigenvalue weighted by Gasteiger charge is -2.28. The van der Waals surface area contributed by atoms with Gasteiger partial charge in [-0.15, -0.1) is 12.4 Å². The van der Waals surface area contributed by atoms with Crippen LogP contribution in [-0.2, 0) is 16.4 Å². The molecule has 2 aromatic rings. The molecule has 0 saturated heterocycles. The highest BCUT2D eigenvalue weighted by Crippen LogP contribution is 2.19. The lowest BCUT2D eigenvalue weighted by Crippen LogP contribution is -2.47. The minimum atomic E-state index is -3.75. The third-order valence-corrected chi connectivity index (χ3v) is 6.13. The number of halogens is 1. The summed E-state index contributed by atoms with van der Waals surface area (Å²) in [6.45, 7) is 4.10. The fraction of sp³-hybridized carbons (Fsp3) is 0.400. The van der Waals surface area contributed by atoms with Crippen molar-refractivity contribution in [2.45, 2.75) is 37.3 Å². The van der Waals surface area contributed by atoms with Gasteiger partial charge in [0.25, 0.3) is 0 Å². The summed E-state index contributed by atoms with van der Waals surface area (Å²) in [4.78, 5) is 0.154. The van der Waals surface area contributed by atoms with Gasteiger partial charge in [0.15, 0.2) is 0 Å². The Morgan fingerprint density at radius 1 is 1.00 bits per heavy atom. The molecule has 0 fully saturated rings. The number of rotatable bonds is 9. The maximum absolute atomic E-state index is 13.0. The summed E-state index contributed by atoms with van der Waals surface area (Å²) in [6.07, 6.45) is -0.507. The van der Waals surface area contributed by atoms with Crippen LogP contribution in [0.25, 0.3) is 0 Å². The molecule has 156 valence electrons. The van der Waals surface area contributed by atoms with E-state index in [2.05, 4.69) is 0 Å². The summed E-state index contributed by atoms with van der Waals surface area (Å²) in [6, 6.07) is 15.1. The lowest BCUT2D eigenvalue weighted by atomic mass is 10.0. The van der Waals surface area contributed by atoms with E-state index < -0.39 is 22.2 Å². The van der Waals surface area contributed by atoms with Crippen LogP contribution in [0, 0.1) is 5.92 Å². The first-order chi connectivity index (χ1) is 12.7. The minimum Gasteiger partial charge on any atom is -0.399 e. The van der Waals surface area contributed by atoms with Gasteiger partial charge in [-0.3, -0.25) is 0 Å². The number of sulfonamides is 1. The van der Waals surface area contributed by atoms with E-state index >= 15 is 0 Å². The number of nitrogens with two attached hydrogens (primary N) is 2. The van der Waals surface area contributed by atoms with Crippen molar-refractivity contribution in [3.05, 3.63) is 60.2 Å². The fourth-order valence-electron chi connectivity index (χ4n) is 2.83. The highest BCUT2D eigenvalue weighted by molar-refractivity contribution is 7.89. The first-order valence-electron chi connectivity index (χ1n) is 9.03. The first-order valence-corrected chi connectivity index (χ1v) is 10.5. The van der Waals surface area contributed by atoms with Crippen LogP contribution in [0.2, 0.25) is 0 Å². The second kappa shape index (κ2) is 10.8. The standard InChI is InChI=1S/C20H29N3O3S.ClH/c1-15(2)13-23(27(25,26)18-10-8-17(21)9-11-18)14-20(24)19(22)12-16-6-4-3-5-7-16;/h3-11,15,19-20,24H,12-14,21-22H2,1-2H3;1H. The Balaban J connectivity index is 0.00000392. The highest BCUT2D eigenvalue weighted by atomic mass is 35.5. The van der Waals surface area contributed by atoms with Crippen LogP contribution in [0.15, 0.2) is 59.5 Å². The van der Waals surface area contributed by atoms with Gasteiger partial charge in [0.05, 0.1) is 11.0 Å². The van der Waals surface area contributed by atoms with E-state index in [0.29, 0.717) is 18.7 Å². The third-order valence-electron chi connectivity index (χ3n) is 4.29. The van der Waals surface area contributed by atoms with Crippen LogP contribution >= 0.6 is 12.4 Å². The molecule has 0 aliphatic carbocycles. The van der Waals surface area contributed by atoms with Crippen molar-refractivity contribution in [1.82, 2.24) is 4.31 Å². The topological polar surface area (TPSA) is 110 Å². The maximum Gasteiger partial charge on any atom is 0.243 e. The largest absolute Gasteiger partial charge is 0.399 e. The molecule has 2 aromatic carbocycles. The summed E-state index contributed by atoms with van der Waals surface area (Å²) in [5, 5.41) is 10.6. The summed E-state index contributed by atoms with van der Waals surface area (Å²) >= 11 is 0. The number of nitrogens with zero attached hydrogens (tertiary/aromatic N) is 1. The summed E-state index contributed by atoms with van der Waals surface area (Å²) < 4.78 is 27.4. The highest BCUT2D eigenvalue weighted by Gasteiger charge is 2.29. The van der Waals surface area contributed by atoms with Gasteiger partial charge in [0.2, 0.25) is 10.0 Å².